The number of guanidine groups is 1. The largest absolute Gasteiger partial charge is 0.496 e. The van der Waals surface area contributed by atoms with E-state index >= 15 is 0 Å². The molecule has 0 unspecified atom stereocenters. The molecule has 0 saturated heterocycles. The zero-order valence-electron chi connectivity index (χ0n) is 17.4. The van der Waals surface area contributed by atoms with Crippen LogP contribution < -0.4 is 15.4 Å². The summed E-state index contributed by atoms with van der Waals surface area (Å²) in [5.41, 5.74) is 2.86. The molecule has 0 spiro atoms. The number of methoxy groups -OCH3 is 1. The Balaban J connectivity index is 0.00000320. The van der Waals surface area contributed by atoms with Gasteiger partial charge in [-0.25, -0.2) is 4.99 Å². The van der Waals surface area contributed by atoms with E-state index in [0.717, 1.165) is 29.4 Å². The molecule has 0 atom stereocenters. The van der Waals surface area contributed by atoms with Crippen molar-refractivity contribution in [3.05, 3.63) is 59.5 Å². The van der Waals surface area contributed by atoms with Crippen LogP contribution in [0.25, 0.3) is 11.6 Å². The normalized spacial score (nSPS) is 11.0. The molecule has 0 radical (unpaired) electrons. The molecule has 2 aromatic heterocycles. The molecular formula is C21H27IN6O2. The average Bonchev–Trinajstić information content (AvgIpc) is 3.22. The molecule has 0 amide bonds. The number of nitrogens with one attached hydrogen (secondary N) is 2. The summed E-state index contributed by atoms with van der Waals surface area (Å²) in [4.78, 5) is 13.3. The number of pyridine rings is 1. The number of aryl methyl sites for hydroxylation is 1. The van der Waals surface area contributed by atoms with Crippen LogP contribution in [0.1, 0.15) is 23.9 Å². The summed E-state index contributed by atoms with van der Waals surface area (Å²) >= 11 is 0. The van der Waals surface area contributed by atoms with Crippen molar-refractivity contribution in [1.29, 1.82) is 0 Å². The van der Waals surface area contributed by atoms with Crippen molar-refractivity contribution in [2.24, 2.45) is 4.99 Å². The van der Waals surface area contributed by atoms with Gasteiger partial charge in [0.1, 0.15) is 11.4 Å². The molecule has 0 fully saturated rings. The molecule has 2 N–H and O–H groups in total. The highest BCUT2D eigenvalue weighted by Gasteiger charge is 2.10. The first-order valence-electron chi connectivity index (χ1n) is 9.59. The van der Waals surface area contributed by atoms with Gasteiger partial charge in [-0.1, -0.05) is 23.4 Å². The number of nitrogens with zero attached hydrogens (tertiary/aromatic N) is 4. The molecule has 8 nitrogen and oxygen atoms in total. The topological polar surface area (TPSA) is 97.5 Å². The molecule has 30 heavy (non-hydrogen) atoms. The summed E-state index contributed by atoms with van der Waals surface area (Å²) in [5, 5.41) is 10.6. The van der Waals surface area contributed by atoms with Crippen LogP contribution in [0.3, 0.4) is 0 Å². The Labute approximate surface area is 193 Å². The Kier molecular flexibility index (Phi) is 9.52. The SMILES string of the molecule is CCNC(=NCc1ccc(C)cc1OC)NCCc1noc(-c2ccccn2)n1.I. The molecule has 9 heteroatoms. The van der Waals surface area contributed by atoms with Crippen molar-refractivity contribution in [2.45, 2.75) is 26.8 Å². The van der Waals surface area contributed by atoms with Crippen LogP contribution in [0.2, 0.25) is 0 Å². The molecule has 2 heterocycles. The van der Waals surface area contributed by atoms with Gasteiger partial charge in [0, 0.05) is 31.3 Å². The van der Waals surface area contributed by atoms with Crippen LogP contribution in [0, 0.1) is 6.92 Å². The molecule has 160 valence electrons. The average molecular weight is 522 g/mol. The summed E-state index contributed by atoms with van der Waals surface area (Å²) < 4.78 is 10.7. The highest BCUT2D eigenvalue weighted by atomic mass is 127. The smallest absolute Gasteiger partial charge is 0.276 e. The van der Waals surface area contributed by atoms with Gasteiger partial charge in [-0.15, -0.1) is 24.0 Å². The monoisotopic (exact) mass is 522 g/mol. The number of benzene rings is 1. The molecule has 0 aliphatic carbocycles. The van der Waals surface area contributed by atoms with E-state index in [-0.39, 0.29) is 24.0 Å². The third-order valence-electron chi connectivity index (χ3n) is 4.19. The van der Waals surface area contributed by atoms with Crippen molar-refractivity contribution < 1.29 is 9.26 Å². The summed E-state index contributed by atoms with van der Waals surface area (Å²) in [6, 6.07) is 11.7. The van der Waals surface area contributed by atoms with Gasteiger partial charge in [0.25, 0.3) is 5.89 Å². The zero-order valence-corrected chi connectivity index (χ0v) is 19.7. The van der Waals surface area contributed by atoms with E-state index in [1.54, 1.807) is 13.3 Å². The number of halogens is 1. The summed E-state index contributed by atoms with van der Waals surface area (Å²) in [6.07, 6.45) is 2.30. The van der Waals surface area contributed by atoms with Crippen LogP contribution in [-0.4, -0.2) is 41.3 Å². The van der Waals surface area contributed by atoms with E-state index < -0.39 is 0 Å². The second-order valence-corrected chi connectivity index (χ2v) is 6.42. The van der Waals surface area contributed by atoms with Gasteiger partial charge in [-0.3, -0.25) is 4.98 Å². The van der Waals surface area contributed by atoms with Crippen LogP contribution in [0.4, 0.5) is 0 Å². The fraction of sp³-hybridized carbons (Fsp3) is 0.333. The molecule has 3 aromatic rings. The van der Waals surface area contributed by atoms with Crippen LogP contribution in [0.5, 0.6) is 5.75 Å². The molecule has 1 aromatic carbocycles. The summed E-state index contributed by atoms with van der Waals surface area (Å²) in [7, 11) is 1.68. The Morgan fingerprint density at radius 3 is 2.80 bits per heavy atom. The second-order valence-electron chi connectivity index (χ2n) is 6.42. The second kappa shape index (κ2) is 12.1. The van der Waals surface area contributed by atoms with Gasteiger partial charge < -0.3 is 19.9 Å². The molecular weight excluding hydrogens is 495 g/mol. The van der Waals surface area contributed by atoms with Crippen molar-refractivity contribution >= 4 is 29.9 Å². The first-order valence-corrected chi connectivity index (χ1v) is 9.59. The third-order valence-corrected chi connectivity index (χ3v) is 4.19. The maximum absolute atomic E-state index is 5.45. The number of hydrogen-bond donors (Lipinski definition) is 2. The van der Waals surface area contributed by atoms with E-state index in [1.807, 2.05) is 44.2 Å². The van der Waals surface area contributed by atoms with Gasteiger partial charge >= 0.3 is 0 Å². The van der Waals surface area contributed by atoms with Gasteiger partial charge in [0.05, 0.1) is 13.7 Å². The van der Waals surface area contributed by atoms with Gasteiger partial charge in [-0.2, -0.15) is 4.98 Å². The highest BCUT2D eigenvalue weighted by Crippen LogP contribution is 2.20. The minimum Gasteiger partial charge on any atom is -0.496 e. The van der Waals surface area contributed by atoms with Crippen LogP contribution in [0.15, 0.2) is 52.1 Å². The molecule has 0 bridgehead atoms. The van der Waals surface area contributed by atoms with E-state index in [9.17, 15) is 0 Å². The van der Waals surface area contributed by atoms with Gasteiger partial charge in [0.15, 0.2) is 11.8 Å². The lowest BCUT2D eigenvalue weighted by molar-refractivity contribution is 0.409. The Morgan fingerprint density at radius 2 is 2.07 bits per heavy atom. The van der Waals surface area contributed by atoms with Crippen LogP contribution >= 0.6 is 24.0 Å². The molecule has 3 rings (SSSR count). The lowest BCUT2D eigenvalue weighted by atomic mass is 10.1. The third kappa shape index (κ3) is 6.68. The minimum atomic E-state index is 0. The number of hydrogen-bond acceptors (Lipinski definition) is 6. The van der Waals surface area contributed by atoms with Gasteiger partial charge in [-0.05, 0) is 37.6 Å². The fourth-order valence-electron chi connectivity index (χ4n) is 2.73. The number of aliphatic imine (C=N–C) groups is 1. The molecule has 0 saturated carbocycles. The Morgan fingerprint density at radius 1 is 1.20 bits per heavy atom. The maximum atomic E-state index is 5.45. The van der Waals surface area contributed by atoms with E-state index in [2.05, 4.69) is 36.8 Å². The maximum Gasteiger partial charge on any atom is 0.276 e. The Hall–Kier alpha value is -2.69. The summed E-state index contributed by atoms with van der Waals surface area (Å²) in [6.45, 7) is 5.98. The first kappa shape index (κ1) is 23.6. The zero-order chi connectivity index (χ0) is 20.5. The van der Waals surface area contributed by atoms with Crippen LogP contribution in [-0.2, 0) is 13.0 Å². The predicted molar refractivity (Wildman–Crippen MR) is 127 cm³/mol. The fourth-order valence-corrected chi connectivity index (χ4v) is 2.73. The lowest BCUT2D eigenvalue weighted by Crippen LogP contribution is -2.38. The number of aromatic nitrogens is 3. The van der Waals surface area contributed by atoms with E-state index in [0.29, 0.717) is 36.9 Å². The van der Waals surface area contributed by atoms with Crippen molar-refractivity contribution in [2.75, 3.05) is 20.2 Å². The van der Waals surface area contributed by atoms with Crippen molar-refractivity contribution in [3.8, 4) is 17.3 Å². The standard InChI is InChI=1S/C21H26N6O2.HI/c1-4-22-21(25-14-16-9-8-15(2)13-18(16)28-3)24-12-10-19-26-20(29-27-19)17-7-5-6-11-23-17;/h5-9,11,13H,4,10,12,14H2,1-3H3,(H2,22,24,25);1H. The molecule has 0 aliphatic heterocycles. The minimum absolute atomic E-state index is 0. The number of rotatable bonds is 8. The first-order chi connectivity index (χ1) is 14.2. The predicted octanol–water partition coefficient (Wildman–Crippen LogP) is 3.36. The Bertz CT molecular complexity index is 946. The highest BCUT2D eigenvalue weighted by molar-refractivity contribution is 14.0. The van der Waals surface area contributed by atoms with E-state index in [4.69, 9.17) is 9.26 Å². The van der Waals surface area contributed by atoms with E-state index in [1.165, 1.54) is 0 Å². The van der Waals surface area contributed by atoms with Crippen molar-refractivity contribution in [3.63, 3.8) is 0 Å². The summed E-state index contributed by atoms with van der Waals surface area (Å²) in [5.74, 6) is 2.61. The van der Waals surface area contributed by atoms with Gasteiger partial charge in [0.2, 0.25) is 0 Å². The molecule has 0 aliphatic rings. The number of ether oxygens (including phenoxy) is 1. The lowest BCUT2D eigenvalue weighted by Gasteiger charge is -2.12. The quantitative estimate of drug-likeness (QED) is 0.266. The van der Waals surface area contributed by atoms with Crippen molar-refractivity contribution in [1.82, 2.24) is 25.8 Å².